The van der Waals surface area contributed by atoms with Gasteiger partial charge in [0, 0.05) is 29.4 Å². The second kappa shape index (κ2) is 5.77. The highest BCUT2D eigenvalue weighted by molar-refractivity contribution is 6.31. The lowest BCUT2D eigenvalue weighted by Crippen LogP contribution is -2.54. The fourth-order valence-electron chi connectivity index (χ4n) is 5.64. The van der Waals surface area contributed by atoms with Crippen LogP contribution in [-0.4, -0.2) is 60.4 Å². The Labute approximate surface area is 161 Å². The van der Waals surface area contributed by atoms with E-state index in [1.54, 1.807) is 18.2 Å². The number of hydrogen-bond donors (Lipinski definition) is 1. The van der Waals surface area contributed by atoms with Crippen LogP contribution in [0, 0.1) is 11.8 Å². The van der Waals surface area contributed by atoms with Crippen molar-refractivity contribution in [2.45, 2.75) is 24.4 Å². The molecular formula is C19H20ClN3O4. The highest BCUT2D eigenvalue weighted by Gasteiger charge is 2.74. The lowest BCUT2D eigenvalue weighted by Gasteiger charge is -2.36. The third kappa shape index (κ3) is 1.97. The van der Waals surface area contributed by atoms with E-state index in [1.807, 2.05) is 0 Å². The maximum Gasteiger partial charge on any atom is 0.250 e. The highest BCUT2D eigenvalue weighted by atomic mass is 35.5. The molecule has 0 aliphatic carbocycles. The molecule has 2 unspecified atom stereocenters. The molecule has 0 aromatic heterocycles. The van der Waals surface area contributed by atoms with Crippen LogP contribution in [0.4, 0.5) is 5.69 Å². The number of fused-ring (bicyclic) bond motifs is 7. The van der Waals surface area contributed by atoms with Crippen molar-refractivity contribution in [3.8, 4) is 0 Å². The number of ether oxygens (including phenoxy) is 1. The van der Waals surface area contributed by atoms with Gasteiger partial charge in [0.25, 0.3) is 0 Å². The Kier molecular flexibility index (Phi) is 3.67. The molecule has 8 heteroatoms. The summed E-state index contributed by atoms with van der Waals surface area (Å²) in [4.78, 5) is 43.2. The molecule has 5 rings (SSSR count). The number of carbonyl (C=O) groups is 3. The monoisotopic (exact) mass is 389 g/mol. The number of hydrogen-bond acceptors (Lipinski definition) is 5. The number of benzene rings is 1. The van der Waals surface area contributed by atoms with E-state index < -0.39 is 17.4 Å². The Morgan fingerprint density at radius 3 is 2.89 bits per heavy atom. The van der Waals surface area contributed by atoms with Gasteiger partial charge in [-0.05, 0) is 37.6 Å². The number of amides is 3. The summed E-state index contributed by atoms with van der Waals surface area (Å²) >= 11 is 6.24. The fraction of sp³-hybridized carbons (Fsp3) is 0.526. The van der Waals surface area contributed by atoms with Crippen LogP contribution in [-0.2, 0) is 24.7 Å². The van der Waals surface area contributed by atoms with E-state index in [4.69, 9.17) is 16.3 Å². The molecule has 4 heterocycles. The molecule has 4 aliphatic rings. The SMILES string of the molecule is COCCN1C(=O)[C@H]2C3CCCN3C3(C(=O)Nc4ccc(Cl)cc43)[C@H]2C1=O. The van der Waals surface area contributed by atoms with E-state index >= 15 is 0 Å². The van der Waals surface area contributed by atoms with E-state index in [0.717, 1.165) is 12.8 Å². The molecule has 142 valence electrons. The predicted octanol–water partition coefficient (Wildman–Crippen LogP) is 1.21. The number of likely N-dealkylation sites (tertiary alicyclic amines) is 1. The van der Waals surface area contributed by atoms with E-state index in [1.165, 1.54) is 12.0 Å². The summed E-state index contributed by atoms with van der Waals surface area (Å²) in [5.74, 6) is -1.90. The van der Waals surface area contributed by atoms with Gasteiger partial charge in [0.2, 0.25) is 17.7 Å². The van der Waals surface area contributed by atoms with Crippen LogP contribution in [0.2, 0.25) is 5.02 Å². The van der Waals surface area contributed by atoms with Gasteiger partial charge in [-0.15, -0.1) is 0 Å². The number of rotatable bonds is 3. The van der Waals surface area contributed by atoms with Crippen LogP contribution in [0.5, 0.6) is 0 Å². The molecule has 3 fully saturated rings. The van der Waals surface area contributed by atoms with Gasteiger partial charge in [-0.1, -0.05) is 11.6 Å². The molecule has 27 heavy (non-hydrogen) atoms. The van der Waals surface area contributed by atoms with Gasteiger partial charge < -0.3 is 10.1 Å². The first-order chi connectivity index (χ1) is 13.0. The van der Waals surface area contributed by atoms with Gasteiger partial charge in [0.05, 0.1) is 25.0 Å². The number of anilines is 1. The van der Waals surface area contributed by atoms with Gasteiger partial charge in [-0.3, -0.25) is 24.2 Å². The second-order valence-electron chi connectivity index (χ2n) is 7.64. The predicted molar refractivity (Wildman–Crippen MR) is 97.1 cm³/mol. The van der Waals surface area contributed by atoms with Crippen molar-refractivity contribution in [1.29, 1.82) is 0 Å². The van der Waals surface area contributed by atoms with Gasteiger partial charge in [0.15, 0.2) is 0 Å². The Bertz CT molecular complexity index is 875. The average molecular weight is 390 g/mol. The maximum absolute atomic E-state index is 13.3. The molecule has 1 spiro atoms. The summed E-state index contributed by atoms with van der Waals surface area (Å²) in [5.41, 5.74) is 0.237. The van der Waals surface area contributed by atoms with Gasteiger partial charge in [-0.25, -0.2) is 0 Å². The Morgan fingerprint density at radius 1 is 1.30 bits per heavy atom. The summed E-state index contributed by atoms with van der Waals surface area (Å²) in [5, 5.41) is 3.44. The van der Waals surface area contributed by atoms with Crippen molar-refractivity contribution in [3.63, 3.8) is 0 Å². The number of carbonyl (C=O) groups excluding carboxylic acids is 3. The molecule has 4 aliphatic heterocycles. The molecule has 1 aromatic carbocycles. The van der Waals surface area contributed by atoms with E-state index in [-0.39, 0.29) is 36.9 Å². The van der Waals surface area contributed by atoms with Crippen LogP contribution in [0.15, 0.2) is 18.2 Å². The third-order valence-electron chi connectivity index (χ3n) is 6.56. The molecular weight excluding hydrogens is 370 g/mol. The standard InChI is InChI=1S/C19H20ClN3O4/c1-27-8-7-22-16(24)14-13-3-2-6-23(13)19(15(14)17(22)25)11-9-10(20)4-5-12(11)21-18(19)26/h4-5,9,13-15H,2-3,6-8H2,1H3,(H,21,26)/t13?,14-,15+,19?/m0/s1. The first-order valence-electron chi connectivity index (χ1n) is 9.24. The largest absolute Gasteiger partial charge is 0.383 e. The second-order valence-corrected chi connectivity index (χ2v) is 8.07. The lowest BCUT2D eigenvalue weighted by atomic mass is 9.75. The summed E-state index contributed by atoms with van der Waals surface area (Å²) in [6.07, 6.45) is 1.71. The average Bonchev–Trinajstić information content (AvgIpc) is 3.33. The van der Waals surface area contributed by atoms with Crippen LogP contribution in [0.3, 0.4) is 0 Å². The van der Waals surface area contributed by atoms with Crippen molar-refractivity contribution >= 4 is 35.0 Å². The first-order valence-corrected chi connectivity index (χ1v) is 9.62. The summed E-state index contributed by atoms with van der Waals surface area (Å²) in [6.45, 7) is 1.19. The Morgan fingerprint density at radius 2 is 2.11 bits per heavy atom. The van der Waals surface area contributed by atoms with Gasteiger partial charge >= 0.3 is 0 Å². The molecule has 1 aromatic rings. The van der Waals surface area contributed by atoms with Crippen LogP contribution < -0.4 is 5.32 Å². The number of imide groups is 1. The first kappa shape index (κ1) is 17.2. The summed E-state index contributed by atoms with van der Waals surface area (Å²) in [6, 6.07) is 5.16. The van der Waals surface area contributed by atoms with Crippen molar-refractivity contribution in [2.75, 3.05) is 32.1 Å². The fourth-order valence-corrected chi connectivity index (χ4v) is 5.81. The van der Waals surface area contributed by atoms with Crippen molar-refractivity contribution < 1.29 is 19.1 Å². The van der Waals surface area contributed by atoms with Gasteiger partial charge in [0.1, 0.15) is 5.54 Å². The number of nitrogens with one attached hydrogen (secondary N) is 1. The molecule has 0 saturated carbocycles. The minimum Gasteiger partial charge on any atom is -0.383 e. The molecule has 7 nitrogen and oxygen atoms in total. The van der Waals surface area contributed by atoms with E-state index in [0.29, 0.717) is 22.8 Å². The van der Waals surface area contributed by atoms with Gasteiger partial charge in [-0.2, -0.15) is 0 Å². The molecule has 1 N–H and O–H groups in total. The zero-order valence-corrected chi connectivity index (χ0v) is 15.7. The number of methoxy groups -OCH3 is 1. The quantitative estimate of drug-likeness (QED) is 0.786. The normalized spacial score (nSPS) is 34.4. The molecule has 3 amide bonds. The molecule has 3 saturated heterocycles. The van der Waals surface area contributed by atoms with Crippen molar-refractivity contribution in [3.05, 3.63) is 28.8 Å². The van der Waals surface area contributed by atoms with Crippen molar-refractivity contribution in [1.82, 2.24) is 9.80 Å². The van der Waals surface area contributed by atoms with Crippen LogP contribution >= 0.6 is 11.6 Å². The third-order valence-corrected chi connectivity index (χ3v) is 6.80. The highest BCUT2D eigenvalue weighted by Crippen LogP contribution is 2.60. The smallest absolute Gasteiger partial charge is 0.250 e. The molecule has 0 bridgehead atoms. The number of nitrogens with zero attached hydrogens (tertiary/aromatic N) is 2. The minimum atomic E-state index is -1.15. The number of halogens is 1. The molecule has 0 radical (unpaired) electrons. The topological polar surface area (TPSA) is 79.0 Å². The van der Waals surface area contributed by atoms with Crippen LogP contribution in [0.25, 0.3) is 0 Å². The van der Waals surface area contributed by atoms with Crippen molar-refractivity contribution in [2.24, 2.45) is 11.8 Å². The minimum absolute atomic E-state index is 0.102. The summed E-state index contributed by atoms with van der Waals surface area (Å²) < 4.78 is 5.07. The van der Waals surface area contributed by atoms with E-state index in [9.17, 15) is 14.4 Å². The van der Waals surface area contributed by atoms with E-state index in [2.05, 4.69) is 10.2 Å². The maximum atomic E-state index is 13.3. The molecule has 4 atom stereocenters. The Balaban J connectivity index is 1.69. The van der Waals surface area contributed by atoms with Crippen LogP contribution in [0.1, 0.15) is 18.4 Å². The zero-order valence-electron chi connectivity index (χ0n) is 14.9. The Hall–Kier alpha value is -1.96. The summed E-state index contributed by atoms with van der Waals surface area (Å²) in [7, 11) is 1.54. The zero-order chi connectivity index (χ0) is 18.9. The lowest BCUT2D eigenvalue weighted by molar-refractivity contribution is -0.146.